The SMILES string of the molecule is C=CCN(CCO)C(=O)c1cncc(-c2ccc3c(c2)CCO3)c1. The zero-order valence-corrected chi connectivity index (χ0v) is 13.4. The van der Waals surface area contributed by atoms with Gasteiger partial charge in [-0.05, 0) is 29.3 Å². The van der Waals surface area contributed by atoms with E-state index in [9.17, 15) is 4.79 Å². The highest BCUT2D eigenvalue weighted by molar-refractivity contribution is 5.95. The van der Waals surface area contributed by atoms with Gasteiger partial charge in [-0.3, -0.25) is 9.78 Å². The van der Waals surface area contributed by atoms with Crippen LogP contribution < -0.4 is 4.74 Å². The first kappa shape index (κ1) is 16.2. The first-order valence-electron chi connectivity index (χ1n) is 7.95. The van der Waals surface area contributed by atoms with E-state index in [1.54, 1.807) is 23.4 Å². The van der Waals surface area contributed by atoms with Crippen molar-refractivity contribution < 1.29 is 14.6 Å². The van der Waals surface area contributed by atoms with Gasteiger partial charge in [0.2, 0.25) is 0 Å². The third-order valence-electron chi connectivity index (χ3n) is 4.01. The van der Waals surface area contributed by atoms with Crippen molar-refractivity contribution in [2.24, 2.45) is 0 Å². The number of rotatable bonds is 6. The molecular formula is C19H20N2O3. The minimum Gasteiger partial charge on any atom is -0.493 e. The van der Waals surface area contributed by atoms with E-state index in [1.165, 1.54) is 5.56 Å². The minimum absolute atomic E-state index is 0.0858. The Morgan fingerprint density at radius 3 is 3.00 bits per heavy atom. The molecule has 1 aliphatic heterocycles. The molecule has 0 unspecified atom stereocenters. The number of pyridine rings is 1. The Bertz CT molecular complexity index is 758. The van der Waals surface area contributed by atoms with E-state index in [1.807, 2.05) is 18.2 Å². The van der Waals surface area contributed by atoms with E-state index >= 15 is 0 Å². The highest BCUT2D eigenvalue weighted by Crippen LogP contribution is 2.30. The smallest absolute Gasteiger partial charge is 0.255 e. The average molecular weight is 324 g/mol. The number of ether oxygens (including phenoxy) is 1. The number of amides is 1. The van der Waals surface area contributed by atoms with Crippen LogP contribution in [0.15, 0.2) is 49.3 Å². The van der Waals surface area contributed by atoms with Crippen molar-refractivity contribution in [2.75, 3.05) is 26.3 Å². The predicted octanol–water partition coefficient (Wildman–Crippen LogP) is 2.30. The van der Waals surface area contributed by atoms with Crippen LogP contribution in [0.25, 0.3) is 11.1 Å². The topological polar surface area (TPSA) is 62.7 Å². The number of hydrogen-bond donors (Lipinski definition) is 1. The van der Waals surface area contributed by atoms with Gasteiger partial charge in [0, 0.05) is 37.5 Å². The minimum atomic E-state index is -0.164. The van der Waals surface area contributed by atoms with Gasteiger partial charge in [-0.25, -0.2) is 0 Å². The number of aromatic nitrogens is 1. The first-order chi connectivity index (χ1) is 11.7. The van der Waals surface area contributed by atoms with Gasteiger partial charge in [0.25, 0.3) is 5.91 Å². The molecule has 1 aliphatic rings. The summed E-state index contributed by atoms with van der Waals surface area (Å²) in [4.78, 5) is 18.4. The van der Waals surface area contributed by atoms with Crippen LogP contribution in [0.4, 0.5) is 0 Å². The summed E-state index contributed by atoms with van der Waals surface area (Å²) in [7, 11) is 0. The molecular weight excluding hydrogens is 304 g/mol. The lowest BCUT2D eigenvalue weighted by Gasteiger charge is -2.20. The molecule has 1 aromatic carbocycles. The molecule has 0 saturated heterocycles. The van der Waals surface area contributed by atoms with Crippen molar-refractivity contribution in [1.29, 1.82) is 0 Å². The van der Waals surface area contributed by atoms with Crippen LogP contribution in [0.2, 0.25) is 0 Å². The molecule has 2 aromatic rings. The van der Waals surface area contributed by atoms with Crippen LogP contribution in [-0.4, -0.2) is 47.2 Å². The van der Waals surface area contributed by atoms with Gasteiger partial charge in [-0.2, -0.15) is 0 Å². The monoisotopic (exact) mass is 324 g/mol. The number of nitrogens with zero attached hydrogens (tertiary/aromatic N) is 2. The highest BCUT2D eigenvalue weighted by atomic mass is 16.5. The Kier molecular flexibility index (Phi) is 4.91. The molecule has 5 heteroatoms. The van der Waals surface area contributed by atoms with E-state index in [4.69, 9.17) is 9.84 Å². The van der Waals surface area contributed by atoms with Crippen molar-refractivity contribution in [3.05, 3.63) is 60.4 Å². The Labute approximate surface area is 141 Å². The molecule has 3 rings (SSSR count). The van der Waals surface area contributed by atoms with Gasteiger partial charge in [0.1, 0.15) is 5.75 Å². The summed E-state index contributed by atoms with van der Waals surface area (Å²) in [6.07, 6.45) is 5.85. The number of aliphatic hydroxyl groups is 1. The quantitative estimate of drug-likeness (QED) is 0.828. The van der Waals surface area contributed by atoms with Crippen LogP contribution >= 0.6 is 0 Å². The second-order valence-electron chi connectivity index (χ2n) is 5.65. The largest absolute Gasteiger partial charge is 0.493 e. The molecule has 124 valence electrons. The lowest BCUT2D eigenvalue weighted by atomic mass is 10.0. The molecule has 0 aliphatic carbocycles. The first-order valence-corrected chi connectivity index (χ1v) is 7.95. The molecule has 0 spiro atoms. The molecule has 1 amide bonds. The maximum absolute atomic E-state index is 12.6. The van der Waals surface area contributed by atoms with Crippen molar-refractivity contribution >= 4 is 5.91 Å². The highest BCUT2D eigenvalue weighted by Gasteiger charge is 2.16. The van der Waals surface area contributed by atoms with Crippen LogP contribution in [0.3, 0.4) is 0 Å². The van der Waals surface area contributed by atoms with Gasteiger partial charge in [-0.15, -0.1) is 6.58 Å². The predicted molar refractivity (Wildman–Crippen MR) is 92.1 cm³/mol. The third-order valence-corrected chi connectivity index (χ3v) is 4.01. The van der Waals surface area contributed by atoms with Gasteiger partial charge in [0.05, 0.1) is 18.8 Å². The third kappa shape index (κ3) is 3.31. The van der Waals surface area contributed by atoms with E-state index in [2.05, 4.69) is 17.6 Å². The Hall–Kier alpha value is -2.66. The molecule has 1 N–H and O–H groups in total. The molecule has 0 fully saturated rings. The average Bonchev–Trinajstić information content (AvgIpc) is 3.09. The standard InChI is InChI=1S/C19H20N2O3/c1-2-6-21(7-8-22)19(23)17-11-16(12-20-13-17)14-3-4-18-15(10-14)5-9-24-18/h2-4,10-13,22H,1,5-9H2. The molecule has 0 atom stereocenters. The van der Waals surface area contributed by atoms with Crippen molar-refractivity contribution in [3.8, 4) is 16.9 Å². The molecule has 1 aromatic heterocycles. The summed E-state index contributed by atoms with van der Waals surface area (Å²) in [6, 6.07) is 7.86. The Balaban J connectivity index is 1.88. The molecule has 0 saturated carbocycles. The normalized spacial score (nSPS) is 12.4. The van der Waals surface area contributed by atoms with Gasteiger partial charge in [0.15, 0.2) is 0 Å². The van der Waals surface area contributed by atoms with Gasteiger partial charge < -0.3 is 14.7 Å². The number of hydrogen-bond acceptors (Lipinski definition) is 4. The fraction of sp³-hybridized carbons (Fsp3) is 0.263. The van der Waals surface area contributed by atoms with Crippen molar-refractivity contribution in [2.45, 2.75) is 6.42 Å². The molecule has 0 bridgehead atoms. The maximum Gasteiger partial charge on any atom is 0.255 e. The molecule has 2 heterocycles. The molecule has 0 radical (unpaired) electrons. The van der Waals surface area contributed by atoms with Gasteiger partial charge in [-0.1, -0.05) is 12.1 Å². The summed E-state index contributed by atoms with van der Waals surface area (Å²) >= 11 is 0. The zero-order valence-electron chi connectivity index (χ0n) is 13.4. The van der Waals surface area contributed by atoms with E-state index in [-0.39, 0.29) is 19.1 Å². The maximum atomic E-state index is 12.6. The van der Waals surface area contributed by atoms with Crippen molar-refractivity contribution in [3.63, 3.8) is 0 Å². The number of benzene rings is 1. The molecule has 5 nitrogen and oxygen atoms in total. The number of aliphatic hydroxyl groups excluding tert-OH is 1. The van der Waals surface area contributed by atoms with E-state index in [0.717, 1.165) is 23.3 Å². The Morgan fingerprint density at radius 2 is 2.21 bits per heavy atom. The second kappa shape index (κ2) is 7.27. The lowest BCUT2D eigenvalue weighted by Crippen LogP contribution is -2.33. The number of carbonyl (C=O) groups is 1. The fourth-order valence-corrected chi connectivity index (χ4v) is 2.82. The summed E-state index contributed by atoms with van der Waals surface area (Å²) in [6.45, 7) is 4.94. The van der Waals surface area contributed by atoms with Crippen LogP contribution in [0.1, 0.15) is 15.9 Å². The number of fused-ring (bicyclic) bond motifs is 1. The zero-order chi connectivity index (χ0) is 16.9. The van der Waals surface area contributed by atoms with Crippen LogP contribution in [0, 0.1) is 0 Å². The summed E-state index contributed by atoms with van der Waals surface area (Å²) < 4.78 is 5.53. The van der Waals surface area contributed by atoms with E-state index < -0.39 is 0 Å². The summed E-state index contributed by atoms with van der Waals surface area (Å²) in [5.74, 6) is 0.766. The van der Waals surface area contributed by atoms with Crippen molar-refractivity contribution in [1.82, 2.24) is 9.88 Å². The summed E-state index contributed by atoms with van der Waals surface area (Å²) in [5, 5.41) is 9.13. The van der Waals surface area contributed by atoms with Crippen LogP contribution in [0.5, 0.6) is 5.75 Å². The second-order valence-corrected chi connectivity index (χ2v) is 5.65. The fourth-order valence-electron chi connectivity index (χ4n) is 2.82. The summed E-state index contributed by atoms with van der Waals surface area (Å²) in [5.41, 5.74) is 3.58. The van der Waals surface area contributed by atoms with E-state index in [0.29, 0.717) is 18.7 Å². The number of carbonyl (C=O) groups excluding carboxylic acids is 1. The van der Waals surface area contributed by atoms with Crippen LogP contribution in [-0.2, 0) is 6.42 Å². The lowest BCUT2D eigenvalue weighted by molar-refractivity contribution is 0.0742. The molecule has 24 heavy (non-hydrogen) atoms. The Morgan fingerprint density at radius 1 is 1.33 bits per heavy atom. The van der Waals surface area contributed by atoms with Gasteiger partial charge >= 0.3 is 0 Å².